The molecule has 1 aromatic heterocycles. The van der Waals surface area contributed by atoms with E-state index in [4.69, 9.17) is 0 Å². The lowest BCUT2D eigenvalue weighted by Gasteiger charge is -2.18. The van der Waals surface area contributed by atoms with Gasteiger partial charge in [-0.25, -0.2) is 0 Å². The van der Waals surface area contributed by atoms with Crippen molar-refractivity contribution >= 4 is 32.3 Å². The molecule has 8 aromatic rings. The third kappa shape index (κ3) is 4.47. The van der Waals surface area contributed by atoms with Gasteiger partial charge in [0.1, 0.15) is 0 Å². The van der Waals surface area contributed by atoms with Gasteiger partial charge in [-0.15, -0.1) is 0 Å². The van der Waals surface area contributed by atoms with E-state index in [1.54, 1.807) is 0 Å². The Morgan fingerprint density at radius 3 is 1.35 bits per heavy atom. The first kappa shape index (κ1) is 25.2. The van der Waals surface area contributed by atoms with Crippen LogP contribution >= 0.6 is 0 Å². The molecule has 0 spiro atoms. The molecule has 7 aromatic carbocycles. The zero-order chi connectivity index (χ0) is 28.8. The molecule has 0 saturated carbocycles. The van der Waals surface area contributed by atoms with Crippen molar-refractivity contribution in [1.82, 2.24) is 4.98 Å². The van der Waals surface area contributed by atoms with Crippen molar-refractivity contribution in [3.63, 3.8) is 0 Å². The van der Waals surface area contributed by atoms with Crippen LogP contribution in [0.1, 0.15) is 5.56 Å². The van der Waals surface area contributed by atoms with E-state index in [2.05, 4.69) is 158 Å². The molecule has 43 heavy (non-hydrogen) atoms. The normalized spacial score (nSPS) is 11.4. The fraction of sp³-hybridized carbons (Fsp3) is 0.0238. The Bertz CT molecular complexity index is 2220. The largest absolute Gasteiger partial charge is 0.264 e. The number of rotatable bonds is 4. The summed E-state index contributed by atoms with van der Waals surface area (Å²) in [5.41, 5.74) is 11.0. The van der Waals surface area contributed by atoms with E-state index in [0.29, 0.717) is 0 Å². The molecular formula is C42H29N. The maximum atomic E-state index is 4.36. The van der Waals surface area contributed by atoms with Crippen LogP contribution < -0.4 is 0 Å². The minimum Gasteiger partial charge on any atom is -0.264 e. The van der Waals surface area contributed by atoms with Crippen LogP contribution in [0, 0.1) is 6.92 Å². The van der Waals surface area contributed by atoms with Gasteiger partial charge < -0.3 is 0 Å². The zero-order valence-electron chi connectivity index (χ0n) is 24.0. The molecule has 8 rings (SSSR count). The van der Waals surface area contributed by atoms with E-state index < -0.39 is 0 Å². The Kier molecular flexibility index (Phi) is 6.09. The Morgan fingerprint density at radius 1 is 0.349 bits per heavy atom. The second-order valence-corrected chi connectivity index (χ2v) is 11.3. The average Bonchev–Trinajstić information content (AvgIpc) is 3.07. The molecule has 202 valence electrons. The molecule has 0 amide bonds. The predicted molar refractivity (Wildman–Crippen MR) is 183 cm³/mol. The zero-order valence-corrected chi connectivity index (χ0v) is 24.0. The Labute approximate surface area is 251 Å². The van der Waals surface area contributed by atoms with Crippen LogP contribution in [0.15, 0.2) is 158 Å². The predicted octanol–water partition coefficient (Wildman–Crippen LogP) is 11.5. The highest BCUT2D eigenvalue weighted by molar-refractivity contribution is 6.21. The van der Waals surface area contributed by atoms with Crippen molar-refractivity contribution in [3.05, 3.63) is 164 Å². The van der Waals surface area contributed by atoms with Gasteiger partial charge in [-0.05, 0) is 95.9 Å². The number of benzene rings is 7. The quantitative estimate of drug-likeness (QED) is 0.200. The van der Waals surface area contributed by atoms with Crippen molar-refractivity contribution in [1.29, 1.82) is 0 Å². The molecule has 0 unspecified atom stereocenters. The fourth-order valence-electron chi connectivity index (χ4n) is 6.49. The van der Waals surface area contributed by atoms with Crippen molar-refractivity contribution in [3.8, 4) is 44.5 Å². The smallest absolute Gasteiger partial charge is 0.0346 e. The number of hydrogen-bond donors (Lipinski definition) is 0. The number of hydrogen-bond acceptors (Lipinski definition) is 1. The molecule has 0 radical (unpaired) electrons. The van der Waals surface area contributed by atoms with E-state index in [0.717, 1.165) is 5.56 Å². The van der Waals surface area contributed by atoms with Crippen LogP contribution in [0.2, 0.25) is 0 Å². The summed E-state index contributed by atoms with van der Waals surface area (Å²) < 4.78 is 0. The van der Waals surface area contributed by atoms with E-state index in [1.807, 2.05) is 12.4 Å². The highest BCUT2D eigenvalue weighted by atomic mass is 14.6. The van der Waals surface area contributed by atoms with Crippen molar-refractivity contribution in [2.75, 3.05) is 0 Å². The number of nitrogens with zero attached hydrogens (tertiary/aromatic N) is 1. The molecule has 1 heteroatoms. The summed E-state index contributed by atoms with van der Waals surface area (Å²) in [5.74, 6) is 0. The summed E-state index contributed by atoms with van der Waals surface area (Å²) in [4.78, 5) is 4.36. The minimum atomic E-state index is 1.15. The third-order valence-electron chi connectivity index (χ3n) is 8.57. The van der Waals surface area contributed by atoms with Crippen LogP contribution in [0.5, 0.6) is 0 Å². The SMILES string of the molecule is Cc1cncc(-c2ccc(-c3ccc(-c4c5ccccc5c(-c5ccc6ccccc6c5)c5ccccc45)cc3)cc2)c1. The number of fused-ring (bicyclic) bond motifs is 3. The van der Waals surface area contributed by atoms with Crippen LogP contribution in [0.4, 0.5) is 0 Å². The average molecular weight is 548 g/mol. The number of aryl methyl sites for hydroxylation is 1. The Morgan fingerprint density at radius 2 is 0.791 bits per heavy atom. The van der Waals surface area contributed by atoms with E-state index in [-0.39, 0.29) is 0 Å². The van der Waals surface area contributed by atoms with Crippen LogP contribution in [0.25, 0.3) is 76.8 Å². The molecule has 1 nitrogen and oxygen atoms in total. The summed E-state index contributed by atoms with van der Waals surface area (Å²) in [6, 6.07) is 53.2. The summed E-state index contributed by atoms with van der Waals surface area (Å²) in [5, 5.41) is 7.62. The van der Waals surface area contributed by atoms with Crippen molar-refractivity contribution in [2.24, 2.45) is 0 Å². The van der Waals surface area contributed by atoms with E-state index >= 15 is 0 Å². The van der Waals surface area contributed by atoms with Crippen molar-refractivity contribution < 1.29 is 0 Å². The molecule has 1 heterocycles. The molecule has 0 aliphatic carbocycles. The van der Waals surface area contributed by atoms with Gasteiger partial charge in [0, 0.05) is 18.0 Å². The second kappa shape index (κ2) is 10.4. The number of aromatic nitrogens is 1. The molecule has 0 N–H and O–H groups in total. The molecule has 0 atom stereocenters. The number of pyridine rings is 1. The fourth-order valence-corrected chi connectivity index (χ4v) is 6.49. The molecule has 0 saturated heterocycles. The van der Waals surface area contributed by atoms with Crippen molar-refractivity contribution in [2.45, 2.75) is 6.92 Å². The van der Waals surface area contributed by atoms with Gasteiger partial charge >= 0.3 is 0 Å². The molecule has 0 aliphatic rings. The standard InChI is InChI=1S/C42H29N/c1-28-24-36(27-43-26-28)32-16-14-30(15-17-32)31-18-21-33(22-19-31)41-37-10-4-6-12-39(37)42(40-13-7-5-11-38(40)41)35-23-20-29-8-2-3-9-34(29)25-35/h2-27H,1H3. The summed E-state index contributed by atoms with van der Waals surface area (Å²) in [7, 11) is 0. The summed E-state index contributed by atoms with van der Waals surface area (Å²) >= 11 is 0. The third-order valence-corrected chi connectivity index (χ3v) is 8.57. The van der Waals surface area contributed by atoms with Crippen LogP contribution in [0.3, 0.4) is 0 Å². The highest BCUT2D eigenvalue weighted by Gasteiger charge is 2.16. The molecule has 0 bridgehead atoms. The molecule has 0 fully saturated rings. The van der Waals surface area contributed by atoms with Gasteiger partial charge in [-0.2, -0.15) is 0 Å². The van der Waals surface area contributed by atoms with Gasteiger partial charge in [0.2, 0.25) is 0 Å². The maximum absolute atomic E-state index is 4.36. The second-order valence-electron chi connectivity index (χ2n) is 11.3. The first-order valence-corrected chi connectivity index (χ1v) is 14.8. The molecule has 0 aliphatic heterocycles. The first-order chi connectivity index (χ1) is 21.2. The lowest BCUT2D eigenvalue weighted by molar-refractivity contribution is 1.27. The van der Waals surface area contributed by atoms with Gasteiger partial charge in [0.05, 0.1) is 0 Å². The lowest BCUT2D eigenvalue weighted by Crippen LogP contribution is -1.91. The Balaban J connectivity index is 1.25. The first-order valence-electron chi connectivity index (χ1n) is 14.8. The van der Waals surface area contributed by atoms with E-state index in [9.17, 15) is 0 Å². The Hall–Kier alpha value is -5.53. The molecular weight excluding hydrogens is 518 g/mol. The van der Waals surface area contributed by atoms with Gasteiger partial charge in [0.25, 0.3) is 0 Å². The lowest BCUT2D eigenvalue weighted by atomic mass is 9.85. The topological polar surface area (TPSA) is 12.9 Å². The highest BCUT2D eigenvalue weighted by Crippen LogP contribution is 2.44. The van der Waals surface area contributed by atoms with Gasteiger partial charge in [-0.3, -0.25) is 4.98 Å². The minimum absolute atomic E-state index is 1.15. The van der Waals surface area contributed by atoms with Crippen LogP contribution in [-0.2, 0) is 0 Å². The van der Waals surface area contributed by atoms with Crippen LogP contribution in [-0.4, -0.2) is 4.98 Å². The summed E-state index contributed by atoms with van der Waals surface area (Å²) in [6.45, 7) is 2.08. The van der Waals surface area contributed by atoms with Gasteiger partial charge in [0.15, 0.2) is 0 Å². The van der Waals surface area contributed by atoms with Gasteiger partial charge in [-0.1, -0.05) is 133 Å². The summed E-state index contributed by atoms with van der Waals surface area (Å²) in [6.07, 6.45) is 3.82. The maximum Gasteiger partial charge on any atom is 0.0346 e. The van der Waals surface area contributed by atoms with E-state index in [1.165, 1.54) is 76.8 Å². The monoisotopic (exact) mass is 547 g/mol.